The zero-order valence-electron chi connectivity index (χ0n) is 19.5. The molecule has 0 aliphatic carbocycles. The number of hydrogen-bond donors (Lipinski definition) is 2. The number of likely N-dealkylation sites (tertiary alicyclic amines) is 1. The van der Waals surface area contributed by atoms with E-state index in [1.54, 1.807) is 26.4 Å². The lowest BCUT2D eigenvalue weighted by Crippen LogP contribution is -2.63. The highest BCUT2D eigenvalue weighted by Gasteiger charge is 2.45. The number of carbonyl (C=O) groups excluding carboxylic acids is 1. The van der Waals surface area contributed by atoms with Crippen LogP contribution in [0.2, 0.25) is 0 Å². The number of aliphatic imine (C=N–C) groups is 1. The molecule has 1 atom stereocenters. The number of nitrogens with zero attached hydrogens (tertiary/aromatic N) is 2. The van der Waals surface area contributed by atoms with Gasteiger partial charge in [0.05, 0.1) is 43.2 Å². The van der Waals surface area contributed by atoms with E-state index in [9.17, 15) is 4.79 Å². The molecule has 7 heteroatoms. The smallest absolute Gasteiger partial charge is 0.257 e. The third-order valence-electron chi connectivity index (χ3n) is 5.87. The average Bonchev–Trinajstić information content (AvgIpc) is 2.77. The van der Waals surface area contributed by atoms with Crippen molar-refractivity contribution in [2.45, 2.75) is 44.7 Å². The van der Waals surface area contributed by atoms with Crippen molar-refractivity contribution in [3.05, 3.63) is 48.0 Å². The zero-order valence-corrected chi connectivity index (χ0v) is 19.5. The van der Waals surface area contributed by atoms with Crippen molar-refractivity contribution in [1.82, 2.24) is 4.90 Å². The molecule has 0 saturated carbocycles. The van der Waals surface area contributed by atoms with E-state index in [-0.39, 0.29) is 11.4 Å². The summed E-state index contributed by atoms with van der Waals surface area (Å²) in [7, 11) is 3.14. The monoisotopic (exact) mass is 436 g/mol. The van der Waals surface area contributed by atoms with Gasteiger partial charge in [-0.15, -0.1) is 0 Å². The van der Waals surface area contributed by atoms with Gasteiger partial charge in [0.25, 0.3) is 5.91 Å². The number of benzene rings is 2. The number of hydrogen-bond acceptors (Lipinski definition) is 5. The maximum atomic E-state index is 13.6. The van der Waals surface area contributed by atoms with Crippen LogP contribution in [0.15, 0.2) is 47.5 Å². The third-order valence-corrected chi connectivity index (χ3v) is 5.87. The van der Waals surface area contributed by atoms with Crippen molar-refractivity contribution in [2.24, 2.45) is 4.99 Å². The summed E-state index contributed by atoms with van der Waals surface area (Å²) in [6.07, 6.45) is 1.74. The van der Waals surface area contributed by atoms with E-state index in [1.165, 1.54) is 0 Å². The maximum Gasteiger partial charge on any atom is 0.257 e. The molecule has 0 aromatic heterocycles. The van der Waals surface area contributed by atoms with Crippen molar-refractivity contribution in [3.63, 3.8) is 0 Å². The van der Waals surface area contributed by atoms with Crippen LogP contribution in [0, 0.1) is 0 Å². The summed E-state index contributed by atoms with van der Waals surface area (Å²) in [5, 5.41) is 7.29. The standard InChI is InChI=1S/C25H32N4O3/c1-24(2,3)28-23-25(27-19-12-7-6-11-18(19)26-23)14-9-15-29(16-25)22(30)17-10-8-13-20(31-4)21(17)32-5/h6-8,10-13,27H,9,14-16H2,1-5H3,(H,26,28)/t25-/m0/s1. The van der Waals surface area contributed by atoms with E-state index < -0.39 is 5.54 Å². The first-order chi connectivity index (χ1) is 15.3. The number of ether oxygens (including phenoxy) is 2. The van der Waals surface area contributed by atoms with Crippen LogP contribution in [0.4, 0.5) is 11.4 Å². The molecular formula is C25H32N4O3. The average molecular weight is 437 g/mol. The van der Waals surface area contributed by atoms with Crippen LogP contribution in [0.1, 0.15) is 44.0 Å². The van der Waals surface area contributed by atoms with Crippen LogP contribution in [0.5, 0.6) is 11.5 Å². The molecular weight excluding hydrogens is 404 g/mol. The number of fused-ring (bicyclic) bond motifs is 1. The predicted octanol–water partition coefficient (Wildman–Crippen LogP) is 4.41. The number of amides is 1. The Bertz CT molecular complexity index is 1040. The van der Waals surface area contributed by atoms with Crippen LogP contribution in [-0.2, 0) is 0 Å². The molecule has 0 unspecified atom stereocenters. The Hall–Kier alpha value is -3.22. The molecule has 170 valence electrons. The number of rotatable bonds is 3. The highest BCUT2D eigenvalue weighted by atomic mass is 16.5. The summed E-state index contributed by atoms with van der Waals surface area (Å²) in [4.78, 5) is 20.5. The molecule has 1 amide bonds. The molecule has 2 aliphatic heterocycles. The molecule has 1 saturated heterocycles. The molecule has 2 N–H and O–H groups in total. The summed E-state index contributed by atoms with van der Waals surface area (Å²) in [6, 6.07) is 13.5. The van der Waals surface area contributed by atoms with Crippen LogP contribution < -0.4 is 20.1 Å². The van der Waals surface area contributed by atoms with E-state index in [2.05, 4.69) is 37.5 Å². The fourth-order valence-electron chi connectivity index (χ4n) is 4.49. The molecule has 1 spiro atoms. The SMILES string of the molecule is COc1cccc(C(=O)N2CCC[C@@]3(C2)Nc2ccccc2NC3=NC(C)(C)C)c1OC. The summed E-state index contributed by atoms with van der Waals surface area (Å²) in [5.74, 6) is 1.81. The van der Waals surface area contributed by atoms with Crippen molar-refractivity contribution in [1.29, 1.82) is 0 Å². The van der Waals surface area contributed by atoms with E-state index in [0.717, 1.165) is 30.1 Å². The molecule has 0 radical (unpaired) electrons. The zero-order chi connectivity index (χ0) is 22.9. The van der Waals surface area contributed by atoms with Gasteiger partial charge in [0.15, 0.2) is 11.5 Å². The Kier molecular flexibility index (Phi) is 5.75. The van der Waals surface area contributed by atoms with Crippen molar-refractivity contribution < 1.29 is 14.3 Å². The lowest BCUT2D eigenvalue weighted by Gasteiger charge is -2.48. The van der Waals surface area contributed by atoms with Crippen LogP contribution in [0.25, 0.3) is 0 Å². The van der Waals surface area contributed by atoms with Gasteiger partial charge in [0.1, 0.15) is 11.4 Å². The number of amidine groups is 1. The predicted molar refractivity (Wildman–Crippen MR) is 128 cm³/mol. The van der Waals surface area contributed by atoms with Gasteiger partial charge in [-0.05, 0) is 57.9 Å². The number of methoxy groups -OCH3 is 2. The molecule has 4 rings (SSSR count). The lowest BCUT2D eigenvalue weighted by atomic mass is 9.84. The first kappa shape index (κ1) is 22.0. The van der Waals surface area contributed by atoms with Gasteiger partial charge in [0, 0.05) is 6.54 Å². The minimum Gasteiger partial charge on any atom is -0.493 e. The molecule has 7 nitrogen and oxygen atoms in total. The summed E-state index contributed by atoms with van der Waals surface area (Å²) < 4.78 is 10.9. The van der Waals surface area contributed by atoms with Crippen LogP contribution in [-0.4, -0.2) is 55.0 Å². The van der Waals surface area contributed by atoms with Crippen LogP contribution >= 0.6 is 0 Å². The molecule has 1 fully saturated rings. The molecule has 2 heterocycles. The minimum absolute atomic E-state index is 0.0735. The quantitative estimate of drug-likeness (QED) is 0.745. The Balaban J connectivity index is 1.71. The highest BCUT2D eigenvalue weighted by Crippen LogP contribution is 2.38. The summed E-state index contributed by atoms with van der Waals surface area (Å²) in [6.45, 7) is 7.43. The molecule has 32 heavy (non-hydrogen) atoms. The number of piperidine rings is 1. The van der Waals surface area contributed by atoms with Crippen LogP contribution in [0.3, 0.4) is 0 Å². The second-order valence-corrected chi connectivity index (χ2v) is 9.38. The Morgan fingerprint density at radius 3 is 2.50 bits per heavy atom. The fourth-order valence-corrected chi connectivity index (χ4v) is 4.49. The highest BCUT2D eigenvalue weighted by molar-refractivity contribution is 6.10. The summed E-state index contributed by atoms with van der Waals surface area (Å²) >= 11 is 0. The Morgan fingerprint density at radius 2 is 1.81 bits per heavy atom. The molecule has 2 aromatic rings. The molecule has 0 bridgehead atoms. The number of anilines is 2. The van der Waals surface area contributed by atoms with E-state index in [4.69, 9.17) is 14.5 Å². The number of para-hydroxylation sites is 3. The minimum atomic E-state index is -0.484. The normalized spacial score (nSPS) is 21.5. The summed E-state index contributed by atoms with van der Waals surface area (Å²) in [5.41, 5.74) is 1.78. The largest absolute Gasteiger partial charge is 0.493 e. The molecule has 2 aliphatic rings. The second-order valence-electron chi connectivity index (χ2n) is 9.38. The van der Waals surface area contributed by atoms with Gasteiger partial charge in [-0.2, -0.15) is 0 Å². The Labute approximate surface area is 189 Å². The van der Waals surface area contributed by atoms with Gasteiger partial charge in [-0.1, -0.05) is 18.2 Å². The third kappa shape index (κ3) is 4.11. The van der Waals surface area contributed by atoms with Crippen molar-refractivity contribution in [2.75, 3.05) is 37.9 Å². The van der Waals surface area contributed by atoms with E-state index in [1.807, 2.05) is 29.2 Å². The van der Waals surface area contributed by atoms with Crippen molar-refractivity contribution >= 4 is 23.1 Å². The fraction of sp³-hybridized carbons (Fsp3) is 0.440. The van der Waals surface area contributed by atoms with Gasteiger partial charge in [-0.25, -0.2) is 0 Å². The van der Waals surface area contributed by atoms with Gasteiger partial charge < -0.3 is 25.0 Å². The lowest BCUT2D eigenvalue weighted by molar-refractivity contribution is 0.0690. The Morgan fingerprint density at radius 1 is 1.06 bits per heavy atom. The van der Waals surface area contributed by atoms with Gasteiger partial charge in [0.2, 0.25) is 0 Å². The first-order valence-corrected chi connectivity index (χ1v) is 11.0. The first-order valence-electron chi connectivity index (χ1n) is 11.0. The number of nitrogens with one attached hydrogen (secondary N) is 2. The molecule has 2 aromatic carbocycles. The topological polar surface area (TPSA) is 75.2 Å². The number of carbonyl (C=O) groups is 1. The van der Waals surface area contributed by atoms with Gasteiger partial charge >= 0.3 is 0 Å². The van der Waals surface area contributed by atoms with E-state index >= 15 is 0 Å². The van der Waals surface area contributed by atoms with Crippen molar-refractivity contribution in [3.8, 4) is 11.5 Å². The van der Waals surface area contributed by atoms with Gasteiger partial charge in [-0.3, -0.25) is 9.79 Å². The van der Waals surface area contributed by atoms with E-state index in [0.29, 0.717) is 30.2 Å². The second kappa shape index (κ2) is 8.37. The maximum absolute atomic E-state index is 13.6.